The van der Waals surface area contributed by atoms with Crippen molar-refractivity contribution in [3.8, 4) is 0 Å². The maximum absolute atomic E-state index is 9.95. The van der Waals surface area contributed by atoms with Gasteiger partial charge in [-0.15, -0.1) is 0 Å². The SMILES string of the molecule is CC(CC1CC1)NCC(O)CC1CCCC1. The smallest absolute Gasteiger partial charge is 0.0667 e. The van der Waals surface area contributed by atoms with E-state index in [2.05, 4.69) is 12.2 Å². The van der Waals surface area contributed by atoms with Crippen LogP contribution in [-0.4, -0.2) is 23.8 Å². The van der Waals surface area contributed by atoms with Crippen molar-refractivity contribution in [3.63, 3.8) is 0 Å². The number of hydrogen-bond acceptors (Lipinski definition) is 2. The Morgan fingerprint density at radius 2 is 1.69 bits per heavy atom. The van der Waals surface area contributed by atoms with E-state index in [-0.39, 0.29) is 6.10 Å². The van der Waals surface area contributed by atoms with Crippen LogP contribution in [-0.2, 0) is 0 Å². The molecule has 2 heteroatoms. The summed E-state index contributed by atoms with van der Waals surface area (Å²) in [6.07, 6.45) is 10.5. The van der Waals surface area contributed by atoms with Gasteiger partial charge in [0.05, 0.1) is 6.10 Å². The molecule has 16 heavy (non-hydrogen) atoms. The van der Waals surface area contributed by atoms with Gasteiger partial charge in [-0.3, -0.25) is 0 Å². The van der Waals surface area contributed by atoms with Gasteiger partial charge < -0.3 is 10.4 Å². The van der Waals surface area contributed by atoms with Crippen LogP contribution >= 0.6 is 0 Å². The fourth-order valence-electron chi connectivity index (χ4n) is 2.99. The number of aliphatic hydroxyl groups is 1. The number of rotatable bonds is 7. The summed E-state index contributed by atoms with van der Waals surface area (Å²) in [5.74, 6) is 1.78. The van der Waals surface area contributed by atoms with Crippen molar-refractivity contribution in [1.29, 1.82) is 0 Å². The van der Waals surface area contributed by atoms with Crippen molar-refractivity contribution in [1.82, 2.24) is 5.32 Å². The molecule has 0 bridgehead atoms. The third-order valence-electron chi connectivity index (χ3n) is 4.17. The van der Waals surface area contributed by atoms with Gasteiger partial charge >= 0.3 is 0 Å². The first-order chi connectivity index (χ1) is 7.74. The van der Waals surface area contributed by atoms with E-state index in [0.717, 1.165) is 24.8 Å². The normalized spacial score (nSPS) is 25.9. The van der Waals surface area contributed by atoms with Crippen LogP contribution in [0.2, 0.25) is 0 Å². The van der Waals surface area contributed by atoms with E-state index >= 15 is 0 Å². The standard InChI is InChI=1S/C14H27NO/c1-11(8-13-6-7-13)15-10-14(16)9-12-4-2-3-5-12/h11-16H,2-10H2,1H3. The minimum absolute atomic E-state index is 0.121. The van der Waals surface area contributed by atoms with Gasteiger partial charge in [0.2, 0.25) is 0 Å². The lowest BCUT2D eigenvalue weighted by molar-refractivity contribution is 0.137. The predicted molar refractivity (Wildman–Crippen MR) is 67.4 cm³/mol. The van der Waals surface area contributed by atoms with Crippen molar-refractivity contribution in [2.45, 2.75) is 70.4 Å². The third-order valence-corrected chi connectivity index (χ3v) is 4.17. The van der Waals surface area contributed by atoms with Crippen molar-refractivity contribution in [3.05, 3.63) is 0 Å². The van der Waals surface area contributed by atoms with Gasteiger partial charge in [0.1, 0.15) is 0 Å². The molecule has 0 heterocycles. The van der Waals surface area contributed by atoms with Crippen molar-refractivity contribution < 1.29 is 5.11 Å². The minimum Gasteiger partial charge on any atom is -0.392 e. The lowest BCUT2D eigenvalue weighted by Crippen LogP contribution is -2.34. The van der Waals surface area contributed by atoms with Gasteiger partial charge in [-0.25, -0.2) is 0 Å². The molecule has 0 spiro atoms. The lowest BCUT2D eigenvalue weighted by atomic mass is 10.00. The molecule has 0 aromatic rings. The van der Waals surface area contributed by atoms with E-state index in [9.17, 15) is 5.11 Å². The highest BCUT2D eigenvalue weighted by Crippen LogP contribution is 2.33. The van der Waals surface area contributed by atoms with Crippen LogP contribution in [0, 0.1) is 11.8 Å². The number of hydrogen-bond donors (Lipinski definition) is 2. The van der Waals surface area contributed by atoms with Crippen LogP contribution in [0.4, 0.5) is 0 Å². The van der Waals surface area contributed by atoms with E-state index in [1.807, 2.05) is 0 Å². The fraction of sp³-hybridized carbons (Fsp3) is 1.00. The molecule has 2 atom stereocenters. The average molecular weight is 225 g/mol. The molecule has 2 aliphatic carbocycles. The van der Waals surface area contributed by atoms with Crippen LogP contribution in [0.1, 0.15) is 58.3 Å². The maximum Gasteiger partial charge on any atom is 0.0667 e. The molecule has 0 amide bonds. The Hall–Kier alpha value is -0.0800. The average Bonchev–Trinajstić information content (AvgIpc) is 2.91. The summed E-state index contributed by atoms with van der Waals surface area (Å²) in [5, 5.41) is 13.4. The van der Waals surface area contributed by atoms with Crippen molar-refractivity contribution >= 4 is 0 Å². The highest BCUT2D eigenvalue weighted by Gasteiger charge is 2.24. The molecule has 94 valence electrons. The van der Waals surface area contributed by atoms with E-state index in [1.165, 1.54) is 44.9 Å². The molecule has 2 nitrogen and oxygen atoms in total. The summed E-state index contributed by atoms with van der Waals surface area (Å²) in [5.41, 5.74) is 0. The second-order valence-corrected chi connectivity index (χ2v) is 6.03. The second kappa shape index (κ2) is 6.02. The molecule has 0 aromatic carbocycles. The first kappa shape index (κ1) is 12.4. The summed E-state index contributed by atoms with van der Waals surface area (Å²) < 4.78 is 0. The zero-order valence-electron chi connectivity index (χ0n) is 10.6. The maximum atomic E-state index is 9.95. The Morgan fingerprint density at radius 3 is 2.31 bits per heavy atom. The molecule has 0 radical (unpaired) electrons. The predicted octanol–water partition coefficient (Wildman–Crippen LogP) is 2.71. The molecule has 2 N–H and O–H groups in total. The van der Waals surface area contributed by atoms with Crippen molar-refractivity contribution in [2.24, 2.45) is 11.8 Å². The van der Waals surface area contributed by atoms with Crippen LogP contribution in [0.15, 0.2) is 0 Å². The summed E-state index contributed by atoms with van der Waals surface area (Å²) in [6.45, 7) is 3.05. The first-order valence-corrected chi connectivity index (χ1v) is 7.15. The summed E-state index contributed by atoms with van der Waals surface area (Å²) >= 11 is 0. The van der Waals surface area contributed by atoms with Crippen LogP contribution in [0.5, 0.6) is 0 Å². The Bertz CT molecular complexity index is 197. The third kappa shape index (κ3) is 4.42. The topological polar surface area (TPSA) is 32.3 Å². The van der Waals surface area contributed by atoms with Gasteiger partial charge in [0.25, 0.3) is 0 Å². The van der Waals surface area contributed by atoms with Gasteiger partial charge in [-0.1, -0.05) is 38.5 Å². The van der Waals surface area contributed by atoms with Gasteiger partial charge in [-0.05, 0) is 31.6 Å². The molecule has 0 aromatic heterocycles. The molecule has 0 aliphatic heterocycles. The number of aliphatic hydroxyl groups excluding tert-OH is 1. The zero-order chi connectivity index (χ0) is 11.4. The highest BCUT2D eigenvalue weighted by molar-refractivity contribution is 4.79. The Kier molecular flexibility index (Phi) is 4.66. The van der Waals surface area contributed by atoms with E-state index < -0.39 is 0 Å². The first-order valence-electron chi connectivity index (χ1n) is 7.15. The zero-order valence-corrected chi connectivity index (χ0v) is 10.6. The summed E-state index contributed by atoms with van der Waals surface area (Å²) in [7, 11) is 0. The minimum atomic E-state index is -0.121. The Balaban J connectivity index is 1.53. The van der Waals surface area contributed by atoms with E-state index in [1.54, 1.807) is 0 Å². The number of nitrogens with one attached hydrogen (secondary N) is 1. The van der Waals surface area contributed by atoms with E-state index in [4.69, 9.17) is 0 Å². The van der Waals surface area contributed by atoms with Crippen molar-refractivity contribution in [2.75, 3.05) is 6.54 Å². The molecular formula is C14H27NO. The second-order valence-electron chi connectivity index (χ2n) is 6.03. The fourth-order valence-corrected chi connectivity index (χ4v) is 2.99. The molecule has 2 saturated carbocycles. The largest absolute Gasteiger partial charge is 0.392 e. The molecule has 2 fully saturated rings. The van der Waals surface area contributed by atoms with Gasteiger partial charge in [0.15, 0.2) is 0 Å². The quantitative estimate of drug-likeness (QED) is 0.698. The molecule has 2 unspecified atom stereocenters. The molecule has 2 rings (SSSR count). The monoisotopic (exact) mass is 225 g/mol. The van der Waals surface area contributed by atoms with Crippen LogP contribution < -0.4 is 5.32 Å². The van der Waals surface area contributed by atoms with Gasteiger partial charge in [-0.2, -0.15) is 0 Å². The molecule has 0 saturated heterocycles. The van der Waals surface area contributed by atoms with Crippen LogP contribution in [0.3, 0.4) is 0 Å². The lowest BCUT2D eigenvalue weighted by Gasteiger charge is -2.19. The van der Waals surface area contributed by atoms with E-state index in [0.29, 0.717) is 6.04 Å². The molecule has 2 aliphatic rings. The van der Waals surface area contributed by atoms with Gasteiger partial charge in [0, 0.05) is 12.6 Å². The Labute approximate surface area is 99.8 Å². The summed E-state index contributed by atoms with van der Waals surface area (Å²) in [6, 6.07) is 0.589. The highest BCUT2D eigenvalue weighted by atomic mass is 16.3. The molecular weight excluding hydrogens is 198 g/mol. The summed E-state index contributed by atoms with van der Waals surface area (Å²) in [4.78, 5) is 0. The Morgan fingerprint density at radius 1 is 1.06 bits per heavy atom. The van der Waals surface area contributed by atoms with Crippen LogP contribution in [0.25, 0.3) is 0 Å².